The Labute approximate surface area is 169 Å². The van der Waals surface area contributed by atoms with Gasteiger partial charge in [0.15, 0.2) is 0 Å². The first-order chi connectivity index (χ1) is 12.7. The third kappa shape index (κ3) is 6.95. The van der Waals surface area contributed by atoms with Gasteiger partial charge >= 0.3 is 0 Å². The second-order valence-electron chi connectivity index (χ2n) is 9.47. The van der Waals surface area contributed by atoms with Crippen molar-refractivity contribution in [2.45, 2.75) is 65.7 Å². The summed E-state index contributed by atoms with van der Waals surface area (Å²) in [7, 11) is -4.46. The Kier molecular flexibility index (Phi) is 6.62. The molecule has 0 fully saturated rings. The predicted octanol–water partition coefficient (Wildman–Crippen LogP) is 5.98. The molecule has 1 aliphatic carbocycles. The molecule has 4 nitrogen and oxygen atoms in total. The molecule has 0 saturated heterocycles. The number of hydrogen-bond donors (Lipinski definition) is 0. The maximum atomic E-state index is 11.2. The van der Waals surface area contributed by atoms with E-state index in [9.17, 15) is 13.0 Å². The van der Waals surface area contributed by atoms with Crippen LogP contribution < -0.4 is 4.74 Å². The summed E-state index contributed by atoms with van der Waals surface area (Å²) in [5, 5.41) is 0. The van der Waals surface area contributed by atoms with Gasteiger partial charge < -0.3 is 9.29 Å². The molecule has 0 saturated carbocycles. The van der Waals surface area contributed by atoms with Gasteiger partial charge in [0.2, 0.25) is 0 Å². The van der Waals surface area contributed by atoms with Gasteiger partial charge in [0, 0.05) is 0 Å². The monoisotopic (exact) mass is 403 g/mol. The van der Waals surface area contributed by atoms with Gasteiger partial charge in [-0.15, -0.1) is 0 Å². The molecule has 1 aromatic rings. The quantitative estimate of drug-likeness (QED) is 0.580. The van der Waals surface area contributed by atoms with Crippen molar-refractivity contribution in [3.8, 4) is 5.75 Å². The van der Waals surface area contributed by atoms with Crippen LogP contribution in [-0.4, -0.2) is 13.0 Å². The van der Waals surface area contributed by atoms with Crippen molar-refractivity contribution in [3.05, 3.63) is 59.4 Å². The molecule has 1 aliphatic rings. The van der Waals surface area contributed by atoms with Crippen LogP contribution >= 0.6 is 0 Å². The predicted molar refractivity (Wildman–Crippen MR) is 112 cm³/mol. The van der Waals surface area contributed by atoms with Gasteiger partial charge in [0.1, 0.15) is 21.6 Å². The van der Waals surface area contributed by atoms with Crippen LogP contribution in [0.1, 0.15) is 60.8 Å². The lowest BCUT2D eigenvalue weighted by Gasteiger charge is -2.25. The summed E-state index contributed by atoms with van der Waals surface area (Å²) in [4.78, 5) is -0.254. The Balaban J connectivity index is 2.47. The van der Waals surface area contributed by atoms with Crippen molar-refractivity contribution in [1.29, 1.82) is 0 Å². The Hall–Kier alpha value is -1.85. The Morgan fingerprint density at radius 2 is 1.57 bits per heavy atom. The van der Waals surface area contributed by atoms with Gasteiger partial charge in [0.05, 0.1) is 4.90 Å². The lowest BCUT2D eigenvalue weighted by atomic mass is 9.85. The third-order valence-corrected chi connectivity index (χ3v) is 5.05. The molecule has 0 radical (unpaired) electrons. The molecular formula is C23H31O4S-. The van der Waals surface area contributed by atoms with Crippen LogP contribution in [0.3, 0.4) is 0 Å². The minimum absolute atomic E-state index is 0.0145. The number of ether oxygens (including phenoxy) is 1. The summed E-state index contributed by atoms with van der Waals surface area (Å²) < 4.78 is 39.7. The zero-order valence-corrected chi connectivity index (χ0v) is 18.5. The number of allylic oxidation sites excluding steroid dienone is 5. The van der Waals surface area contributed by atoms with E-state index >= 15 is 0 Å². The summed E-state index contributed by atoms with van der Waals surface area (Å²) in [5.74, 6) is 1.35. The molecule has 0 heterocycles. The highest BCUT2D eigenvalue weighted by molar-refractivity contribution is 7.85. The summed E-state index contributed by atoms with van der Waals surface area (Å²) in [6, 6.07) is 5.65. The van der Waals surface area contributed by atoms with E-state index in [2.05, 4.69) is 59.8 Å². The Morgan fingerprint density at radius 1 is 0.964 bits per heavy atom. The molecule has 0 aromatic heterocycles. The van der Waals surface area contributed by atoms with Crippen LogP contribution in [0, 0.1) is 10.8 Å². The van der Waals surface area contributed by atoms with Gasteiger partial charge in [-0.3, -0.25) is 0 Å². The molecule has 5 heteroatoms. The van der Waals surface area contributed by atoms with E-state index in [-0.39, 0.29) is 15.7 Å². The average molecular weight is 404 g/mol. The maximum absolute atomic E-state index is 11.2. The highest BCUT2D eigenvalue weighted by Crippen LogP contribution is 2.36. The van der Waals surface area contributed by atoms with E-state index in [1.807, 2.05) is 0 Å². The minimum Gasteiger partial charge on any atom is -0.744 e. The van der Waals surface area contributed by atoms with Crippen molar-refractivity contribution in [1.82, 2.24) is 0 Å². The van der Waals surface area contributed by atoms with Gasteiger partial charge in [-0.25, -0.2) is 8.42 Å². The normalized spacial score (nSPS) is 18.2. The van der Waals surface area contributed by atoms with E-state index in [1.165, 1.54) is 24.3 Å². The fourth-order valence-electron chi connectivity index (χ4n) is 3.00. The van der Waals surface area contributed by atoms with Crippen molar-refractivity contribution in [2.24, 2.45) is 10.8 Å². The second kappa shape index (κ2) is 8.26. The SMILES string of the molecule is CC(C)(C)/C=C/C1=C(Oc2ccc(S(=O)(=O)[O-])cc2)C(=C/C(C)(C)C)/CCC1. The minimum atomic E-state index is -4.46. The molecule has 0 atom stereocenters. The Bertz CT molecular complexity index is 887. The van der Waals surface area contributed by atoms with Gasteiger partial charge in [0.25, 0.3) is 0 Å². The molecule has 0 spiro atoms. The van der Waals surface area contributed by atoms with Crippen molar-refractivity contribution < 1.29 is 17.7 Å². The smallest absolute Gasteiger partial charge is 0.133 e. The maximum Gasteiger partial charge on any atom is 0.133 e. The van der Waals surface area contributed by atoms with E-state index in [4.69, 9.17) is 4.74 Å². The number of benzene rings is 1. The van der Waals surface area contributed by atoms with E-state index in [1.54, 1.807) is 0 Å². The zero-order chi connectivity index (χ0) is 21.2. The molecule has 2 rings (SSSR count). The molecule has 28 heavy (non-hydrogen) atoms. The summed E-state index contributed by atoms with van der Waals surface area (Å²) in [6.45, 7) is 12.9. The van der Waals surface area contributed by atoms with E-state index in [0.717, 1.165) is 36.2 Å². The number of rotatable bonds is 4. The van der Waals surface area contributed by atoms with Crippen LogP contribution in [-0.2, 0) is 10.1 Å². The molecular weight excluding hydrogens is 372 g/mol. The first-order valence-electron chi connectivity index (χ1n) is 9.63. The lowest BCUT2D eigenvalue weighted by molar-refractivity contribution is 0.409. The summed E-state index contributed by atoms with van der Waals surface area (Å²) in [5.41, 5.74) is 2.37. The fourth-order valence-corrected chi connectivity index (χ4v) is 3.47. The second-order valence-corrected chi connectivity index (χ2v) is 10.9. The van der Waals surface area contributed by atoms with E-state index in [0.29, 0.717) is 5.75 Å². The third-order valence-electron chi connectivity index (χ3n) is 4.20. The van der Waals surface area contributed by atoms with Crippen LogP contribution in [0.25, 0.3) is 0 Å². The summed E-state index contributed by atoms with van der Waals surface area (Å²) >= 11 is 0. The molecule has 0 N–H and O–H groups in total. The number of hydrogen-bond acceptors (Lipinski definition) is 4. The molecule has 1 aromatic carbocycles. The highest BCUT2D eigenvalue weighted by Gasteiger charge is 2.21. The van der Waals surface area contributed by atoms with Crippen molar-refractivity contribution in [3.63, 3.8) is 0 Å². The van der Waals surface area contributed by atoms with Crippen LogP contribution in [0.15, 0.2) is 64.3 Å². The van der Waals surface area contributed by atoms with Crippen LogP contribution in [0.5, 0.6) is 5.75 Å². The fraction of sp³-hybridized carbons (Fsp3) is 0.478. The summed E-state index contributed by atoms with van der Waals surface area (Å²) in [6.07, 6.45) is 9.48. The standard InChI is InChI=1S/C23H32O4S/c1-22(2,3)15-14-17-8-7-9-18(16-23(4,5)6)21(17)27-19-10-12-20(13-11-19)28(24,25)26/h10-16H,7-9H2,1-6H3,(H,24,25,26)/p-1/b15-14+,18-16+. The van der Waals surface area contributed by atoms with Crippen LogP contribution in [0.2, 0.25) is 0 Å². The molecule has 0 bridgehead atoms. The topological polar surface area (TPSA) is 66.4 Å². The van der Waals surface area contributed by atoms with Crippen molar-refractivity contribution >= 4 is 10.1 Å². The molecule has 0 unspecified atom stereocenters. The zero-order valence-electron chi connectivity index (χ0n) is 17.7. The van der Waals surface area contributed by atoms with Crippen molar-refractivity contribution in [2.75, 3.05) is 0 Å². The lowest BCUT2D eigenvalue weighted by Crippen LogP contribution is -2.12. The first kappa shape index (κ1) is 22.4. The largest absolute Gasteiger partial charge is 0.744 e. The van der Waals surface area contributed by atoms with Gasteiger partial charge in [-0.1, -0.05) is 59.8 Å². The van der Waals surface area contributed by atoms with Gasteiger partial charge in [-0.05, 0) is 65.5 Å². The van der Waals surface area contributed by atoms with E-state index < -0.39 is 10.1 Å². The van der Waals surface area contributed by atoms with Crippen LogP contribution in [0.4, 0.5) is 0 Å². The first-order valence-corrected chi connectivity index (χ1v) is 11.0. The molecule has 0 aliphatic heterocycles. The Morgan fingerprint density at radius 3 is 2.07 bits per heavy atom. The highest BCUT2D eigenvalue weighted by atomic mass is 32.2. The van der Waals surface area contributed by atoms with Gasteiger partial charge in [-0.2, -0.15) is 0 Å². The molecule has 0 amide bonds. The molecule has 154 valence electrons. The average Bonchev–Trinajstić information content (AvgIpc) is 2.52.